The Hall–Kier alpha value is -0.380. The van der Waals surface area contributed by atoms with Gasteiger partial charge in [0.1, 0.15) is 0 Å². The highest BCUT2D eigenvalue weighted by Gasteiger charge is 2.17. The molecule has 1 aromatic rings. The smallest absolute Gasteiger partial charge is 0.0208 e. The van der Waals surface area contributed by atoms with Crippen LogP contribution in [0.3, 0.4) is 0 Å². The molecule has 0 aliphatic carbocycles. The molecule has 1 fully saturated rings. The second kappa shape index (κ2) is 8.16. The topological polar surface area (TPSA) is 15.3 Å². The monoisotopic (exact) mass is 338 g/mol. The molecule has 1 saturated heterocycles. The number of rotatable bonds is 6. The molecule has 0 amide bonds. The summed E-state index contributed by atoms with van der Waals surface area (Å²) in [6, 6.07) is 7.32. The highest BCUT2D eigenvalue weighted by molar-refractivity contribution is 9.10. The summed E-state index contributed by atoms with van der Waals surface area (Å²) in [7, 11) is 0. The first-order valence-electron chi connectivity index (χ1n) is 7.90. The van der Waals surface area contributed by atoms with E-state index < -0.39 is 0 Å². The highest BCUT2D eigenvalue weighted by atomic mass is 79.9. The van der Waals surface area contributed by atoms with E-state index in [2.05, 4.69) is 58.2 Å². The van der Waals surface area contributed by atoms with Gasteiger partial charge in [-0.05, 0) is 63.0 Å². The Morgan fingerprint density at radius 1 is 1.30 bits per heavy atom. The van der Waals surface area contributed by atoms with Gasteiger partial charge in [-0.25, -0.2) is 0 Å². The Bertz CT molecular complexity index is 411. The molecule has 1 N–H and O–H groups in total. The first-order chi connectivity index (χ1) is 9.69. The third-order valence-electron chi connectivity index (χ3n) is 4.23. The Labute approximate surface area is 132 Å². The maximum atomic E-state index is 3.72. The Balaban J connectivity index is 1.71. The van der Waals surface area contributed by atoms with Crippen molar-refractivity contribution >= 4 is 15.9 Å². The Morgan fingerprint density at radius 3 is 2.70 bits per heavy atom. The van der Waals surface area contributed by atoms with E-state index in [4.69, 9.17) is 0 Å². The number of nitrogens with one attached hydrogen (secondary N) is 1. The Kier molecular flexibility index (Phi) is 6.53. The van der Waals surface area contributed by atoms with Crippen LogP contribution in [0.1, 0.15) is 43.7 Å². The highest BCUT2D eigenvalue weighted by Crippen LogP contribution is 2.18. The summed E-state index contributed by atoms with van der Waals surface area (Å²) in [6.07, 6.45) is 5.23. The van der Waals surface area contributed by atoms with Crippen molar-refractivity contribution in [2.24, 2.45) is 0 Å². The van der Waals surface area contributed by atoms with Crippen molar-refractivity contribution in [3.63, 3.8) is 0 Å². The van der Waals surface area contributed by atoms with Gasteiger partial charge in [-0.1, -0.05) is 41.4 Å². The van der Waals surface area contributed by atoms with Crippen molar-refractivity contribution in [1.82, 2.24) is 10.2 Å². The predicted molar refractivity (Wildman–Crippen MR) is 90.1 cm³/mol. The molecule has 0 aromatic heterocycles. The zero-order valence-corrected chi connectivity index (χ0v) is 14.4. The molecule has 20 heavy (non-hydrogen) atoms. The number of hydrogen-bond donors (Lipinski definition) is 1. The minimum atomic E-state index is 0.692. The van der Waals surface area contributed by atoms with E-state index in [1.165, 1.54) is 60.9 Å². The molecule has 112 valence electrons. The summed E-state index contributed by atoms with van der Waals surface area (Å²) in [5.74, 6) is 0. The molecule has 2 rings (SSSR count). The lowest BCUT2D eigenvalue weighted by molar-refractivity contribution is 0.195. The van der Waals surface area contributed by atoms with Crippen LogP contribution in [-0.4, -0.2) is 30.6 Å². The lowest BCUT2D eigenvalue weighted by atomic mass is 10.0. The van der Waals surface area contributed by atoms with Gasteiger partial charge in [-0.15, -0.1) is 0 Å². The molecule has 1 heterocycles. The molecule has 0 spiro atoms. The fourth-order valence-corrected chi connectivity index (χ4v) is 3.07. The van der Waals surface area contributed by atoms with E-state index in [0.29, 0.717) is 6.04 Å². The van der Waals surface area contributed by atoms with Gasteiger partial charge < -0.3 is 10.2 Å². The lowest BCUT2D eigenvalue weighted by Gasteiger charge is -2.32. The molecule has 1 aliphatic heterocycles. The van der Waals surface area contributed by atoms with Crippen LogP contribution in [0.25, 0.3) is 0 Å². The number of aryl methyl sites for hydroxylation is 1. The van der Waals surface area contributed by atoms with Gasteiger partial charge in [0.05, 0.1) is 0 Å². The van der Waals surface area contributed by atoms with E-state index in [9.17, 15) is 0 Å². The average Bonchev–Trinajstić information content (AvgIpc) is 2.47. The summed E-state index contributed by atoms with van der Waals surface area (Å²) in [5, 5.41) is 3.72. The number of unbranched alkanes of at least 4 members (excludes halogenated alkanes) is 1. The van der Waals surface area contributed by atoms with Crippen LogP contribution in [0.15, 0.2) is 22.7 Å². The van der Waals surface area contributed by atoms with Gasteiger partial charge in [0.15, 0.2) is 0 Å². The molecule has 2 nitrogen and oxygen atoms in total. The molecule has 0 atom stereocenters. The van der Waals surface area contributed by atoms with E-state index in [1.807, 2.05) is 0 Å². The third kappa shape index (κ3) is 4.87. The maximum absolute atomic E-state index is 3.72. The van der Waals surface area contributed by atoms with Crippen molar-refractivity contribution in [2.45, 2.75) is 52.1 Å². The summed E-state index contributed by atoms with van der Waals surface area (Å²) in [5.41, 5.74) is 2.71. The molecule has 0 unspecified atom stereocenters. The number of halogens is 1. The second-order valence-corrected chi connectivity index (χ2v) is 6.79. The van der Waals surface area contributed by atoms with Crippen LogP contribution in [0.2, 0.25) is 0 Å². The van der Waals surface area contributed by atoms with Crippen molar-refractivity contribution in [3.8, 4) is 0 Å². The van der Waals surface area contributed by atoms with Crippen LogP contribution >= 0.6 is 15.9 Å². The van der Waals surface area contributed by atoms with Crippen LogP contribution < -0.4 is 5.32 Å². The van der Waals surface area contributed by atoms with Crippen molar-refractivity contribution in [3.05, 3.63) is 33.8 Å². The first-order valence-corrected chi connectivity index (χ1v) is 8.69. The molecule has 1 aromatic carbocycles. The molecule has 0 saturated carbocycles. The van der Waals surface area contributed by atoms with E-state index in [1.54, 1.807) is 0 Å². The van der Waals surface area contributed by atoms with E-state index in [-0.39, 0.29) is 0 Å². The maximum Gasteiger partial charge on any atom is 0.0208 e. The standard InChI is InChI=1S/C17H27BrN2/c1-3-4-9-20-10-7-16(8-11-20)19-13-15-5-6-17(18)14(2)12-15/h5-6,12,16,19H,3-4,7-11,13H2,1-2H3. The number of hydrogen-bond acceptors (Lipinski definition) is 2. The van der Waals surface area contributed by atoms with Gasteiger partial charge in [-0.3, -0.25) is 0 Å². The average molecular weight is 339 g/mol. The van der Waals surface area contributed by atoms with Crippen molar-refractivity contribution in [1.29, 1.82) is 0 Å². The van der Waals surface area contributed by atoms with Gasteiger partial charge in [0, 0.05) is 17.1 Å². The number of benzene rings is 1. The molecular weight excluding hydrogens is 312 g/mol. The second-order valence-electron chi connectivity index (χ2n) is 5.93. The lowest BCUT2D eigenvalue weighted by Crippen LogP contribution is -2.42. The number of likely N-dealkylation sites (tertiary alicyclic amines) is 1. The van der Waals surface area contributed by atoms with Crippen LogP contribution in [0, 0.1) is 6.92 Å². The van der Waals surface area contributed by atoms with E-state index >= 15 is 0 Å². The van der Waals surface area contributed by atoms with Crippen molar-refractivity contribution < 1.29 is 0 Å². The summed E-state index contributed by atoms with van der Waals surface area (Å²) in [6.45, 7) is 9.23. The minimum Gasteiger partial charge on any atom is -0.310 e. The van der Waals surface area contributed by atoms with Crippen LogP contribution in [0.5, 0.6) is 0 Å². The molecule has 0 bridgehead atoms. The third-order valence-corrected chi connectivity index (χ3v) is 5.12. The largest absolute Gasteiger partial charge is 0.310 e. The fourth-order valence-electron chi connectivity index (χ4n) is 2.82. The number of piperidine rings is 1. The summed E-state index contributed by atoms with van der Waals surface area (Å²) in [4.78, 5) is 2.62. The normalized spacial score (nSPS) is 17.6. The van der Waals surface area contributed by atoms with Gasteiger partial charge >= 0.3 is 0 Å². The first kappa shape index (κ1) is 16.0. The SMILES string of the molecule is CCCCN1CCC(NCc2ccc(Br)c(C)c2)CC1. The molecule has 3 heteroatoms. The predicted octanol–water partition coefficient (Wildman–Crippen LogP) is 4.11. The summed E-state index contributed by atoms with van der Waals surface area (Å²) < 4.78 is 1.20. The Morgan fingerprint density at radius 2 is 2.05 bits per heavy atom. The van der Waals surface area contributed by atoms with Crippen molar-refractivity contribution in [2.75, 3.05) is 19.6 Å². The van der Waals surface area contributed by atoms with Gasteiger partial charge in [0.25, 0.3) is 0 Å². The molecule has 0 radical (unpaired) electrons. The van der Waals surface area contributed by atoms with E-state index in [0.717, 1.165) is 6.54 Å². The fraction of sp³-hybridized carbons (Fsp3) is 0.647. The van der Waals surface area contributed by atoms with Crippen LogP contribution in [0.4, 0.5) is 0 Å². The van der Waals surface area contributed by atoms with Gasteiger partial charge in [-0.2, -0.15) is 0 Å². The zero-order chi connectivity index (χ0) is 14.4. The summed E-state index contributed by atoms with van der Waals surface area (Å²) >= 11 is 3.56. The van der Waals surface area contributed by atoms with Crippen LogP contribution in [-0.2, 0) is 6.54 Å². The van der Waals surface area contributed by atoms with Gasteiger partial charge in [0.2, 0.25) is 0 Å². The number of nitrogens with zero attached hydrogens (tertiary/aromatic N) is 1. The molecule has 1 aliphatic rings. The minimum absolute atomic E-state index is 0.692. The quantitative estimate of drug-likeness (QED) is 0.839. The zero-order valence-electron chi connectivity index (χ0n) is 12.8. The molecular formula is C17H27BrN2.